The third kappa shape index (κ3) is 2.87. The van der Waals surface area contributed by atoms with Gasteiger partial charge in [-0.3, -0.25) is 4.79 Å². The largest absolute Gasteiger partial charge is 0.489 e. The van der Waals surface area contributed by atoms with Gasteiger partial charge in [0.05, 0.1) is 6.33 Å². The molecule has 0 fully saturated rings. The SMILES string of the molecule is NC/C(=C\F)COc1ccc2c(c1)NC(=O)CC2. The molecule has 1 aliphatic rings. The molecule has 0 radical (unpaired) electrons. The normalized spacial score (nSPS) is 15.0. The zero-order chi connectivity index (χ0) is 13.0. The fraction of sp³-hybridized carbons (Fsp3) is 0.308. The minimum Gasteiger partial charge on any atom is -0.489 e. The number of fused-ring (bicyclic) bond motifs is 1. The first-order chi connectivity index (χ1) is 8.72. The van der Waals surface area contributed by atoms with Gasteiger partial charge in [0.25, 0.3) is 0 Å². The molecule has 1 aromatic rings. The number of rotatable bonds is 4. The van der Waals surface area contributed by atoms with Crippen LogP contribution in [0.1, 0.15) is 12.0 Å². The van der Waals surface area contributed by atoms with Gasteiger partial charge in [0, 0.05) is 30.3 Å². The van der Waals surface area contributed by atoms with Gasteiger partial charge in [0.15, 0.2) is 0 Å². The predicted molar refractivity (Wildman–Crippen MR) is 67.1 cm³/mol. The third-order valence-corrected chi connectivity index (χ3v) is 2.82. The number of anilines is 1. The summed E-state index contributed by atoms with van der Waals surface area (Å²) in [6.07, 6.45) is 1.70. The summed E-state index contributed by atoms with van der Waals surface area (Å²) in [5.41, 5.74) is 7.57. The number of carbonyl (C=O) groups excluding carboxylic acids is 1. The minimum absolute atomic E-state index is 0.00551. The van der Waals surface area contributed by atoms with Crippen LogP contribution in [0.3, 0.4) is 0 Å². The van der Waals surface area contributed by atoms with Crippen LogP contribution >= 0.6 is 0 Å². The summed E-state index contributed by atoms with van der Waals surface area (Å²) in [4.78, 5) is 11.3. The second kappa shape index (κ2) is 5.64. The summed E-state index contributed by atoms with van der Waals surface area (Å²) in [7, 11) is 0. The smallest absolute Gasteiger partial charge is 0.224 e. The lowest BCUT2D eigenvalue weighted by Gasteiger charge is -2.17. The van der Waals surface area contributed by atoms with Crippen LogP contribution < -0.4 is 15.8 Å². The van der Waals surface area contributed by atoms with E-state index in [9.17, 15) is 9.18 Å². The molecule has 0 atom stereocenters. The Kier molecular flexibility index (Phi) is 3.94. The van der Waals surface area contributed by atoms with Crippen LogP contribution in [0.5, 0.6) is 5.75 Å². The lowest BCUT2D eigenvalue weighted by molar-refractivity contribution is -0.116. The molecule has 0 spiro atoms. The average molecular weight is 250 g/mol. The van der Waals surface area contributed by atoms with E-state index in [0.717, 1.165) is 17.7 Å². The summed E-state index contributed by atoms with van der Waals surface area (Å²) in [5.74, 6) is 0.592. The molecule has 1 aliphatic heterocycles. The molecule has 0 saturated carbocycles. The molecular formula is C13H15FN2O2. The molecule has 5 heteroatoms. The van der Waals surface area contributed by atoms with Crippen molar-refractivity contribution in [3.8, 4) is 5.75 Å². The summed E-state index contributed by atoms with van der Waals surface area (Å²) >= 11 is 0. The average Bonchev–Trinajstić information content (AvgIpc) is 2.39. The Morgan fingerprint density at radius 3 is 3.06 bits per heavy atom. The Labute approximate surface area is 105 Å². The molecule has 0 saturated heterocycles. The molecule has 0 aliphatic carbocycles. The Morgan fingerprint density at radius 2 is 2.33 bits per heavy atom. The van der Waals surface area contributed by atoms with E-state index in [4.69, 9.17) is 10.5 Å². The first kappa shape index (κ1) is 12.6. The molecule has 0 unspecified atom stereocenters. The molecule has 0 aromatic heterocycles. The van der Waals surface area contributed by atoms with Crippen molar-refractivity contribution in [2.45, 2.75) is 12.8 Å². The monoisotopic (exact) mass is 250 g/mol. The first-order valence-corrected chi connectivity index (χ1v) is 5.76. The van der Waals surface area contributed by atoms with Crippen LogP contribution in [0, 0.1) is 0 Å². The van der Waals surface area contributed by atoms with Crippen molar-refractivity contribution in [3.05, 3.63) is 35.7 Å². The summed E-state index contributed by atoms with van der Waals surface area (Å²) in [5, 5.41) is 2.78. The number of hydrogen-bond donors (Lipinski definition) is 2. The van der Waals surface area contributed by atoms with Crippen LogP contribution in [0.2, 0.25) is 0 Å². The number of carbonyl (C=O) groups is 1. The van der Waals surface area contributed by atoms with E-state index < -0.39 is 0 Å². The molecule has 0 bridgehead atoms. The predicted octanol–water partition coefficient (Wildman–Crippen LogP) is 1.76. The number of nitrogens with one attached hydrogen (secondary N) is 1. The Hall–Kier alpha value is -1.88. The van der Waals surface area contributed by atoms with E-state index >= 15 is 0 Å². The van der Waals surface area contributed by atoms with E-state index in [1.54, 1.807) is 6.07 Å². The highest BCUT2D eigenvalue weighted by atomic mass is 19.1. The van der Waals surface area contributed by atoms with E-state index in [-0.39, 0.29) is 19.1 Å². The first-order valence-electron chi connectivity index (χ1n) is 5.76. The number of nitrogens with two attached hydrogens (primary N) is 1. The highest BCUT2D eigenvalue weighted by molar-refractivity contribution is 5.94. The highest BCUT2D eigenvalue weighted by Crippen LogP contribution is 2.27. The lowest BCUT2D eigenvalue weighted by Crippen LogP contribution is -2.19. The minimum atomic E-state index is 0.00551. The number of hydrogen-bond acceptors (Lipinski definition) is 3. The second-order valence-electron chi connectivity index (χ2n) is 4.13. The number of aryl methyl sites for hydroxylation is 1. The number of halogens is 1. The van der Waals surface area contributed by atoms with Gasteiger partial charge in [0.1, 0.15) is 12.4 Å². The van der Waals surface area contributed by atoms with E-state index in [1.807, 2.05) is 12.1 Å². The molecule has 1 heterocycles. The number of benzene rings is 1. The number of amides is 1. The van der Waals surface area contributed by atoms with Crippen molar-refractivity contribution < 1.29 is 13.9 Å². The van der Waals surface area contributed by atoms with E-state index in [1.165, 1.54) is 0 Å². The lowest BCUT2D eigenvalue weighted by atomic mass is 10.0. The van der Waals surface area contributed by atoms with E-state index in [2.05, 4.69) is 5.32 Å². The molecule has 96 valence electrons. The van der Waals surface area contributed by atoms with Crippen molar-refractivity contribution in [3.63, 3.8) is 0 Å². The van der Waals surface area contributed by atoms with Gasteiger partial charge in [-0.1, -0.05) is 6.07 Å². The van der Waals surface area contributed by atoms with Gasteiger partial charge in [-0.2, -0.15) is 0 Å². The van der Waals surface area contributed by atoms with Gasteiger partial charge >= 0.3 is 0 Å². The van der Waals surface area contributed by atoms with Crippen molar-refractivity contribution in [2.24, 2.45) is 5.73 Å². The summed E-state index contributed by atoms with van der Waals surface area (Å²) in [6.45, 7) is 0.234. The molecule has 1 amide bonds. The third-order valence-electron chi connectivity index (χ3n) is 2.82. The molecule has 1 aromatic carbocycles. The van der Waals surface area contributed by atoms with Gasteiger partial charge in [-0.15, -0.1) is 0 Å². The van der Waals surface area contributed by atoms with Crippen molar-refractivity contribution in [1.82, 2.24) is 0 Å². The number of ether oxygens (including phenoxy) is 1. The molecule has 4 nitrogen and oxygen atoms in total. The van der Waals surface area contributed by atoms with Gasteiger partial charge in [0.2, 0.25) is 5.91 Å². The van der Waals surface area contributed by atoms with Crippen LogP contribution in [0.15, 0.2) is 30.1 Å². The highest BCUT2D eigenvalue weighted by Gasteiger charge is 2.15. The molecule has 3 N–H and O–H groups in total. The maximum absolute atomic E-state index is 12.3. The van der Waals surface area contributed by atoms with Gasteiger partial charge < -0.3 is 15.8 Å². The molecular weight excluding hydrogens is 235 g/mol. The standard InChI is InChI=1S/C13H15FN2O2/c14-6-9(7-15)8-18-11-3-1-10-2-4-13(17)16-12(10)5-11/h1,3,5-6H,2,4,7-8,15H2,(H,16,17)/b9-6+. The van der Waals surface area contributed by atoms with Crippen molar-refractivity contribution in [2.75, 3.05) is 18.5 Å². The second-order valence-corrected chi connectivity index (χ2v) is 4.13. The topological polar surface area (TPSA) is 64.3 Å². The molecule has 18 heavy (non-hydrogen) atoms. The fourth-order valence-electron chi connectivity index (χ4n) is 1.75. The summed E-state index contributed by atoms with van der Waals surface area (Å²) in [6, 6.07) is 5.47. The van der Waals surface area contributed by atoms with Crippen LogP contribution in [0.25, 0.3) is 0 Å². The van der Waals surface area contributed by atoms with Crippen LogP contribution in [-0.2, 0) is 11.2 Å². The zero-order valence-corrected chi connectivity index (χ0v) is 9.91. The van der Waals surface area contributed by atoms with Gasteiger partial charge in [-0.05, 0) is 18.1 Å². The Balaban J connectivity index is 2.07. The van der Waals surface area contributed by atoms with Crippen molar-refractivity contribution >= 4 is 11.6 Å². The van der Waals surface area contributed by atoms with Crippen LogP contribution in [0.4, 0.5) is 10.1 Å². The summed E-state index contributed by atoms with van der Waals surface area (Å²) < 4.78 is 17.7. The quantitative estimate of drug-likeness (QED) is 0.855. The maximum Gasteiger partial charge on any atom is 0.224 e. The maximum atomic E-state index is 12.3. The Bertz CT molecular complexity index is 486. The molecule has 2 rings (SSSR count). The zero-order valence-electron chi connectivity index (χ0n) is 9.91. The van der Waals surface area contributed by atoms with E-state index in [0.29, 0.717) is 24.1 Å². The van der Waals surface area contributed by atoms with Crippen molar-refractivity contribution in [1.29, 1.82) is 0 Å². The van der Waals surface area contributed by atoms with Crippen LogP contribution in [-0.4, -0.2) is 19.1 Å². The fourth-order valence-corrected chi connectivity index (χ4v) is 1.75. The Morgan fingerprint density at radius 1 is 1.50 bits per heavy atom. The van der Waals surface area contributed by atoms with Gasteiger partial charge in [-0.25, -0.2) is 4.39 Å².